The Balaban J connectivity index is 1.20. The van der Waals surface area contributed by atoms with E-state index in [1.165, 1.54) is 18.0 Å². The van der Waals surface area contributed by atoms with Crippen LogP contribution in [0.5, 0.6) is 5.75 Å². The van der Waals surface area contributed by atoms with Crippen LogP contribution in [-0.2, 0) is 4.79 Å². The molecular weight excluding hydrogens is 580 g/mol. The highest BCUT2D eigenvalue weighted by Crippen LogP contribution is 2.44. The molecule has 46 heavy (non-hydrogen) atoms. The highest BCUT2D eigenvalue weighted by Gasteiger charge is 2.40. The Morgan fingerprint density at radius 1 is 1.11 bits per heavy atom. The van der Waals surface area contributed by atoms with Gasteiger partial charge in [-0.15, -0.1) is 0 Å². The molecule has 3 aromatic heterocycles. The topological polar surface area (TPSA) is 114 Å². The van der Waals surface area contributed by atoms with Gasteiger partial charge in [-0.2, -0.15) is 0 Å². The number of oxazole rings is 1. The molecule has 2 unspecified atom stereocenters. The summed E-state index contributed by atoms with van der Waals surface area (Å²) in [5.41, 5.74) is 5.75. The number of hydrogen-bond donors (Lipinski definition) is 2. The first-order chi connectivity index (χ1) is 22.5. The van der Waals surface area contributed by atoms with Crippen LogP contribution in [0.2, 0.25) is 0 Å². The van der Waals surface area contributed by atoms with Crippen LogP contribution in [0, 0.1) is 5.92 Å². The third-order valence-electron chi connectivity index (χ3n) is 9.56. The van der Waals surface area contributed by atoms with Crippen LogP contribution < -0.4 is 20.3 Å². The van der Waals surface area contributed by atoms with Gasteiger partial charge in [-0.05, 0) is 57.0 Å². The number of likely N-dealkylation sites (N-methyl/N-ethyl adjacent to an activating group) is 1. The zero-order chi connectivity index (χ0) is 31.4. The van der Waals surface area contributed by atoms with Crippen molar-refractivity contribution in [2.24, 2.45) is 5.92 Å². The van der Waals surface area contributed by atoms with Crippen LogP contribution in [0.15, 0.2) is 78.3 Å². The number of carbonyl (C=O) groups excluding carboxylic acids is 1. The van der Waals surface area contributed by atoms with Gasteiger partial charge in [0.1, 0.15) is 12.0 Å². The van der Waals surface area contributed by atoms with Gasteiger partial charge in [0.05, 0.1) is 41.6 Å². The number of anilines is 4. The Labute approximate surface area is 266 Å². The first kappa shape index (κ1) is 28.3. The second-order valence-electron chi connectivity index (χ2n) is 12.4. The van der Waals surface area contributed by atoms with Gasteiger partial charge >= 0.3 is 0 Å². The second kappa shape index (κ2) is 11.3. The quantitative estimate of drug-likeness (QED) is 0.190. The average Bonchev–Trinajstić information content (AvgIpc) is 3.41. The third-order valence-corrected chi connectivity index (χ3v) is 9.56. The lowest BCUT2D eigenvalue weighted by Gasteiger charge is -2.26. The van der Waals surface area contributed by atoms with Gasteiger partial charge < -0.3 is 34.2 Å². The molecule has 3 fully saturated rings. The molecule has 5 aromatic rings. The van der Waals surface area contributed by atoms with Crippen molar-refractivity contribution in [2.45, 2.75) is 31.3 Å². The lowest BCUT2D eigenvalue weighted by Crippen LogP contribution is -2.32. The maximum absolute atomic E-state index is 12.6. The van der Waals surface area contributed by atoms with E-state index in [4.69, 9.17) is 14.1 Å². The van der Waals surface area contributed by atoms with Gasteiger partial charge in [0, 0.05) is 60.1 Å². The summed E-state index contributed by atoms with van der Waals surface area (Å²) in [6.45, 7) is 6.59. The fourth-order valence-electron chi connectivity index (χ4n) is 7.08. The molecule has 2 saturated heterocycles. The zero-order valence-corrected chi connectivity index (χ0v) is 25.9. The van der Waals surface area contributed by atoms with Gasteiger partial charge in [-0.1, -0.05) is 24.8 Å². The van der Waals surface area contributed by atoms with Gasteiger partial charge in [0.25, 0.3) is 0 Å². The van der Waals surface area contributed by atoms with E-state index in [1.807, 2.05) is 18.2 Å². The third kappa shape index (κ3) is 4.96. The Morgan fingerprint density at radius 3 is 2.74 bits per heavy atom. The van der Waals surface area contributed by atoms with E-state index < -0.39 is 0 Å². The number of ether oxygens (including phenoxy) is 1. The molecule has 11 nitrogen and oxygen atoms in total. The van der Waals surface area contributed by atoms with Gasteiger partial charge in [-0.25, -0.2) is 15.0 Å². The molecule has 2 N–H and O–H groups in total. The molecule has 1 amide bonds. The largest absolute Gasteiger partial charge is 0.494 e. The molecule has 0 spiro atoms. The molecular formula is C35H36N8O3. The van der Waals surface area contributed by atoms with E-state index in [0.717, 1.165) is 49.1 Å². The van der Waals surface area contributed by atoms with Crippen molar-refractivity contribution < 1.29 is 13.9 Å². The summed E-state index contributed by atoms with van der Waals surface area (Å²) in [5.74, 6) is 1.75. The minimum Gasteiger partial charge on any atom is -0.494 e. The second-order valence-corrected chi connectivity index (χ2v) is 12.4. The number of amides is 1. The molecule has 8 rings (SSSR count). The standard InChI is InChI=1S/C35H36N8O3/c1-4-32(44)38-26-15-27(31(45-3)16-29(26)42-18-21-11-13-41(2)30(21)20-42)39-35-37-17-24(34-36-12-14-46-34)33(40-35)25-19-43(22-9-10-22)28-8-6-5-7-23(25)28/h4-8,12,14-17,19,21-22,30H,1,9-11,13,18,20H2,2-3H3,(H,38,44)(H,37,39,40). The van der Waals surface area contributed by atoms with E-state index >= 15 is 0 Å². The molecule has 2 aliphatic heterocycles. The number of nitrogens with one attached hydrogen (secondary N) is 2. The van der Waals surface area contributed by atoms with Crippen LogP contribution in [-0.4, -0.2) is 70.2 Å². The van der Waals surface area contributed by atoms with E-state index in [-0.39, 0.29) is 5.91 Å². The minimum absolute atomic E-state index is 0.283. The zero-order valence-electron chi connectivity index (χ0n) is 25.9. The molecule has 1 aliphatic carbocycles. The Morgan fingerprint density at radius 2 is 1.98 bits per heavy atom. The minimum atomic E-state index is -0.283. The molecule has 0 radical (unpaired) electrons. The average molecular weight is 617 g/mol. The molecule has 3 aliphatic rings. The monoisotopic (exact) mass is 616 g/mol. The highest BCUT2D eigenvalue weighted by molar-refractivity contribution is 6.02. The summed E-state index contributed by atoms with van der Waals surface area (Å²) in [6, 6.07) is 13.2. The molecule has 0 bridgehead atoms. The van der Waals surface area contributed by atoms with Crippen molar-refractivity contribution in [3.63, 3.8) is 0 Å². The van der Waals surface area contributed by atoms with Crippen LogP contribution in [0.1, 0.15) is 25.3 Å². The van der Waals surface area contributed by atoms with Crippen molar-refractivity contribution in [1.29, 1.82) is 0 Å². The summed E-state index contributed by atoms with van der Waals surface area (Å²) in [7, 11) is 3.83. The predicted molar refractivity (Wildman–Crippen MR) is 179 cm³/mol. The number of aromatic nitrogens is 4. The molecule has 1 saturated carbocycles. The number of likely N-dealkylation sites (tertiary alicyclic amines) is 1. The Kier molecular flexibility index (Phi) is 6.97. The number of benzene rings is 2. The fraction of sp³-hybridized carbons (Fsp3) is 0.314. The number of fused-ring (bicyclic) bond motifs is 2. The molecule has 5 heterocycles. The van der Waals surface area contributed by atoms with Gasteiger partial charge in [0.15, 0.2) is 0 Å². The van der Waals surface area contributed by atoms with Gasteiger partial charge in [0.2, 0.25) is 17.7 Å². The van der Waals surface area contributed by atoms with Crippen LogP contribution in [0.3, 0.4) is 0 Å². The number of para-hydroxylation sites is 1. The summed E-state index contributed by atoms with van der Waals surface area (Å²) in [4.78, 5) is 31.5. The van der Waals surface area contributed by atoms with Crippen molar-refractivity contribution in [3.05, 3.63) is 73.9 Å². The lowest BCUT2D eigenvalue weighted by atomic mass is 10.1. The number of methoxy groups -OCH3 is 1. The number of carbonyl (C=O) groups is 1. The number of hydrogen-bond acceptors (Lipinski definition) is 9. The molecule has 234 valence electrons. The fourth-order valence-corrected chi connectivity index (χ4v) is 7.08. The number of rotatable bonds is 9. The van der Waals surface area contributed by atoms with Crippen molar-refractivity contribution in [2.75, 3.05) is 49.3 Å². The van der Waals surface area contributed by atoms with Crippen LogP contribution in [0.25, 0.3) is 33.6 Å². The smallest absolute Gasteiger partial charge is 0.247 e. The Bertz CT molecular complexity index is 1950. The molecule has 2 atom stereocenters. The van der Waals surface area contributed by atoms with Crippen LogP contribution >= 0.6 is 0 Å². The summed E-state index contributed by atoms with van der Waals surface area (Å²) >= 11 is 0. The van der Waals surface area contributed by atoms with Crippen molar-refractivity contribution in [1.82, 2.24) is 24.4 Å². The van der Waals surface area contributed by atoms with Crippen LogP contribution in [0.4, 0.5) is 23.0 Å². The molecule has 2 aromatic carbocycles. The first-order valence-electron chi connectivity index (χ1n) is 15.7. The van der Waals surface area contributed by atoms with Crippen molar-refractivity contribution >= 4 is 39.8 Å². The van der Waals surface area contributed by atoms with Crippen molar-refractivity contribution in [3.8, 4) is 28.5 Å². The van der Waals surface area contributed by atoms with Gasteiger partial charge in [-0.3, -0.25) is 4.79 Å². The first-order valence-corrected chi connectivity index (χ1v) is 15.7. The number of nitrogens with zero attached hydrogens (tertiary/aromatic N) is 6. The molecule has 11 heteroatoms. The summed E-state index contributed by atoms with van der Waals surface area (Å²) < 4.78 is 14.0. The predicted octanol–water partition coefficient (Wildman–Crippen LogP) is 6.11. The van der Waals surface area contributed by atoms with E-state index in [9.17, 15) is 4.79 Å². The van der Waals surface area contributed by atoms with E-state index in [1.54, 1.807) is 25.8 Å². The van der Waals surface area contributed by atoms with E-state index in [2.05, 4.69) is 73.0 Å². The Hall–Kier alpha value is -5.16. The normalized spacial score (nSPS) is 19.4. The lowest BCUT2D eigenvalue weighted by molar-refractivity contribution is -0.111. The maximum Gasteiger partial charge on any atom is 0.247 e. The summed E-state index contributed by atoms with van der Waals surface area (Å²) in [6.07, 6.45) is 11.9. The highest BCUT2D eigenvalue weighted by atomic mass is 16.5. The summed E-state index contributed by atoms with van der Waals surface area (Å²) in [5, 5.41) is 7.51. The maximum atomic E-state index is 12.6. The van der Waals surface area contributed by atoms with E-state index in [0.29, 0.717) is 58.2 Å². The SMILES string of the molecule is C=CC(=O)Nc1cc(Nc2ncc(-c3ncco3)c(-c3cn(C4CC4)c4ccccc34)n2)c(OC)cc1N1CC2CCN(C)C2C1.